The third-order valence-corrected chi connectivity index (χ3v) is 6.23. The molecule has 0 spiro atoms. The highest BCUT2D eigenvalue weighted by Crippen LogP contribution is 2.29. The molecular formula is C30H19F9. The zero-order chi connectivity index (χ0) is 28.5. The van der Waals surface area contributed by atoms with Crippen molar-refractivity contribution in [1.82, 2.24) is 0 Å². The number of hydrogen-bond donors (Lipinski definition) is 0. The van der Waals surface area contributed by atoms with Gasteiger partial charge in [0.2, 0.25) is 0 Å². The average molecular weight is 550 g/mol. The van der Waals surface area contributed by atoms with Gasteiger partial charge >= 0.3 is 6.18 Å². The maximum Gasteiger partial charge on any atom is 0.458 e. The Bertz CT molecular complexity index is 1600. The van der Waals surface area contributed by atoms with E-state index in [2.05, 4.69) is 0 Å². The third-order valence-electron chi connectivity index (χ3n) is 6.23. The normalized spacial score (nSPS) is 11.5. The first kappa shape index (κ1) is 28.1. The van der Waals surface area contributed by atoms with Gasteiger partial charge in [-0.25, -0.2) is 26.3 Å². The highest BCUT2D eigenvalue weighted by molar-refractivity contribution is 5.86. The fourth-order valence-electron chi connectivity index (χ4n) is 4.30. The van der Waals surface area contributed by atoms with E-state index in [-0.39, 0.29) is 42.2 Å². The van der Waals surface area contributed by atoms with Gasteiger partial charge in [0.1, 0.15) is 29.1 Å². The van der Waals surface area contributed by atoms with E-state index in [1.165, 1.54) is 18.1 Å². The van der Waals surface area contributed by atoms with Gasteiger partial charge in [0.15, 0.2) is 5.82 Å². The van der Waals surface area contributed by atoms with E-state index in [9.17, 15) is 39.5 Å². The lowest BCUT2D eigenvalue weighted by Crippen LogP contribution is -2.04. The number of fused-ring (bicyclic) bond motifs is 1. The lowest BCUT2D eigenvalue weighted by atomic mass is 9.96. The first-order valence-corrected chi connectivity index (χ1v) is 11.7. The van der Waals surface area contributed by atoms with Crippen molar-refractivity contribution in [2.75, 3.05) is 0 Å². The molecular weight excluding hydrogens is 531 g/mol. The molecule has 0 aliphatic carbocycles. The maximum atomic E-state index is 14.7. The summed E-state index contributed by atoms with van der Waals surface area (Å²) in [6.07, 6.45) is -4.89. The number of hydrogen-bond acceptors (Lipinski definition) is 0. The van der Waals surface area contributed by atoms with Gasteiger partial charge in [0.25, 0.3) is 0 Å². The number of rotatable bonds is 6. The Morgan fingerprint density at radius 2 is 1.26 bits per heavy atom. The molecule has 0 saturated carbocycles. The van der Waals surface area contributed by atoms with Crippen LogP contribution in [0.15, 0.2) is 48.5 Å². The Balaban J connectivity index is 1.53. The van der Waals surface area contributed by atoms with E-state index in [0.717, 1.165) is 29.7 Å². The van der Waals surface area contributed by atoms with Crippen molar-refractivity contribution in [2.45, 2.75) is 38.8 Å². The second-order valence-electron chi connectivity index (χ2n) is 9.10. The van der Waals surface area contributed by atoms with E-state index < -0.39 is 52.0 Å². The first-order valence-electron chi connectivity index (χ1n) is 11.7. The summed E-state index contributed by atoms with van der Waals surface area (Å²) < 4.78 is 124. The van der Waals surface area contributed by atoms with Gasteiger partial charge in [-0.05, 0) is 90.6 Å². The molecule has 0 bridgehead atoms. The minimum Gasteiger partial charge on any atom is -0.207 e. The SMILES string of the molecule is Cc1ccc(CCc2cc(F)c(CCc3cc(F)c4c(F)c(C#CC(F)(F)F)c(F)cc4c3)c(F)c2)c(F)c1. The van der Waals surface area contributed by atoms with Crippen LogP contribution in [0.25, 0.3) is 10.8 Å². The monoisotopic (exact) mass is 550 g/mol. The largest absolute Gasteiger partial charge is 0.458 e. The lowest BCUT2D eigenvalue weighted by molar-refractivity contribution is -0.0696. The summed E-state index contributed by atoms with van der Waals surface area (Å²) in [7, 11) is 0. The molecule has 0 N–H and O–H groups in total. The topological polar surface area (TPSA) is 0 Å². The minimum absolute atomic E-state index is 0.104. The molecule has 0 radical (unpaired) electrons. The van der Waals surface area contributed by atoms with Crippen LogP contribution in [0, 0.1) is 53.7 Å². The summed E-state index contributed by atoms with van der Waals surface area (Å²) >= 11 is 0. The number of alkyl halides is 3. The standard InChI is InChI=1S/C30H19F9/c1-16-2-5-19(23(31)10-16)6-3-18-12-24(32)21(25(33)13-18)7-4-17-11-20-15-26(34)22(8-9-30(37,38)39)29(36)28(20)27(35)14-17/h2,5,10-15H,3-4,6-7H2,1H3. The molecule has 0 aromatic heterocycles. The zero-order valence-corrected chi connectivity index (χ0v) is 20.3. The summed E-state index contributed by atoms with van der Waals surface area (Å²) in [6.45, 7) is 1.74. The molecule has 0 nitrogen and oxygen atoms in total. The fraction of sp³-hybridized carbons (Fsp3) is 0.200. The number of aryl methyl sites for hydroxylation is 4. The van der Waals surface area contributed by atoms with Crippen molar-refractivity contribution < 1.29 is 39.5 Å². The van der Waals surface area contributed by atoms with Crippen LogP contribution in [0.5, 0.6) is 0 Å². The quantitative estimate of drug-likeness (QED) is 0.167. The van der Waals surface area contributed by atoms with Gasteiger partial charge in [-0.3, -0.25) is 0 Å². The van der Waals surface area contributed by atoms with Crippen LogP contribution in [0.4, 0.5) is 39.5 Å². The molecule has 0 aliphatic rings. The molecule has 4 rings (SSSR count). The van der Waals surface area contributed by atoms with Gasteiger partial charge < -0.3 is 0 Å². The van der Waals surface area contributed by atoms with Crippen molar-refractivity contribution >= 4 is 10.8 Å². The predicted molar refractivity (Wildman–Crippen MR) is 129 cm³/mol. The summed E-state index contributed by atoms with van der Waals surface area (Å²) in [6, 6.07) is 9.71. The van der Waals surface area contributed by atoms with Crippen LogP contribution < -0.4 is 0 Å². The smallest absolute Gasteiger partial charge is 0.207 e. The molecule has 39 heavy (non-hydrogen) atoms. The molecule has 9 heteroatoms. The molecule has 0 saturated heterocycles. The Hall–Kier alpha value is -3.93. The van der Waals surface area contributed by atoms with Crippen LogP contribution in [0.1, 0.15) is 33.4 Å². The molecule has 0 atom stereocenters. The second kappa shape index (κ2) is 11.0. The van der Waals surface area contributed by atoms with Crippen molar-refractivity contribution in [2.24, 2.45) is 0 Å². The molecule has 0 unspecified atom stereocenters. The molecule has 0 heterocycles. The summed E-state index contributed by atoms with van der Waals surface area (Å²) in [4.78, 5) is 0. The molecule has 0 fully saturated rings. The summed E-state index contributed by atoms with van der Waals surface area (Å²) in [5.74, 6) is -4.17. The maximum absolute atomic E-state index is 14.7. The zero-order valence-electron chi connectivity index (χ0n) is 20.3. The van der Waals surface area contributed by atoms with Crippen LogP contribution in [-0.4, -0.2) is 6.18 Å². The fourth-order valence-corrected chi connectivity index (χ4v) is 4.30. The minimum atomic E-state index is -5.00. The second-order valence-corrected chi connectivity index (χ2v) is 9.10. The molecule has 4 aromatic rings. The molecule has 0 aliphatic heterocycles. The molecule has 4 aromatic carbocycles. The van der Waals surface area contributed by atoms with Crippen LogP contribution >= 0.6 is 0 Å². The van der Waals surface area contributed by atoms with Crippen molar-refractivity contribution in [3.63, 3.8) is 0 Å². The van der Waals surface area contributed by atoms with Crippen LogP contribution in [0.2, 0.25) is 0 Å². The van der Waals surface area contributed by atoms with Crippen molar-refractivity contribution in [3.05, 3.63) is 117 Å². The van der Waals surface area contributed by atoms with E-state index >= 15 is 0 Å². The summed E-state index contributed by atoms with van der Waals surface area (Å²) in [5.41, 5.74) is 0.138. The van der Waals surface area contributed by atoms with E-state index in [0.29, 0.717) is 17.2 Å². The van der Waals surface area contributed by atoms with Crippen LogP contribution in [-0.2, 0) is 25.7 Å². The highest BCUT2D eigenvalue weighted by Gasteiger charge is 2.24. The van der Waals surface area contributed by atoms with E-state index in [4.69, 9.17) is 0 Å². The summed E-state index contributed by atoms with van der Waals surface area (Å²) in [5, 5.41) is -1.03. The average Bonchev–Trinajstić information content (AvgIpc) is 2.81. The third kappa shape index (κ3) is 6.56. The Morgan fingerprint density at radius 1 is 0.641 bits per heavy atom. The van der Waals surface area contributed by atoms with Crippen LogP contribution in [0.3, 0.4) is 0 Å². The predicted octanol–water partition coefficient (Wildman–Crippen LogP) is 8.47. The first-order chi connectivity index (χ1) is 18.3. The van der Waals surface area contributed by atoms with Gasteiger partial charge in [-0.2, -0.15) is 13.2 Å². The number of benzene rings is 4. The lowest BCUT2D eigenvalue weighted by Gasteiger charge is -2.11. The van der Waals surface area contributed by atoms with E-state index in [1.54, 1.807) is 19.1 Å². The van der Waals surface area contributed by atoms with Gasteiger partial charge in [0.05, 0.1) is 10.9 Å². The Labute approximate surface area is 218 Å². The molecule has 0 amide bonds. The van der Waals surface area contributed by atoms with Gasteiger partial charge in [-0.15, -0.1) is 0 Å². The Kier molecular flexibility index (Phi) is 7.96. The molecule has 202 valence electrons. The Morgan fingerprint density at radius 3 is 1.90 bits per heavy atom. The van der Waals surface area contributed by atoms with Crippen molar-refractivity contribution in [3.8, 4) is 11.8 Å². The highest BCUT2D eigenvalue weighted by atomic mass is 19.4. The van der Waals surface area contributed by atoms with Gasteiger partial charge in [-0.1, -0.05) is 24.1 Å². The van der Waals surface area contributed by atoms with Crippen molar-refractivity contribution in [1.29, 1.82) is 0 Å². The number of halogens is 9. The van der Waals surface area contributed by atoms with Gasteiger partial charge in [0, 0.05) is 11.5 Å². The van der Waals surface area contributed by atoms with E-state index in [1.807, 2.05) is 0 Å².